The van der Waals surface area contributed by atoms with E-state index in [0.717, 1.165) is 17.4 Å². The van der Waals surface area contributed by atoms with Gasteiger partial charge in [0, 0.05) is 22.3 Å². The van der Waals surface area contributed by atoms with Crippen LogP contribution in [0.2, 0.25) is 0 Å². The average Bonchev–Trinajstić information content (AvgIpc) is 2.84. The van der Waals surface area contributed by atoms with Crippen molar-refractivity contribution < 1.29 is 23.2 Å². The smallest absolute Gasteiger partial charge is 0.239 e. The summed E-state index contributed by atoms with van der Waals surface area (Å²) in [6.45, 7) is 22.3. The van der Waals surface area contributed by atoms with Crippen LogP contribution in [0.4, 0.5) is 14.5 Å². The summed E-state index contributed by atoms with van der Waals surface area (Å²) in [7, 11) is 0. The molecule has 4 nitrogen and oxygen atoms in total. The fourth-order valence-electron chi connectivity index (χ4n) is 4.04. The molecule has 0 saturated heterocycles. The zero-order valence-electron chi connectivity index (χ0n) is 24.8. The predicted molar refractivity (Wildman–Crippen MR) is 149 cm³/mol. The van der Waals surface area contributed by atoms with Gasteiger partial charge in [-0.3, -0.25) is 14.4 Å². The molecule has 7 heteroatoms. The zero-order valence-corrected chi connectivity index (χ0v) is 25.7. The Kier molecular flexibility index (Phi) is 11.1. The Morgan fingerprint density at radius 2 is 1.11 bits per heavy atom. The quantitative estimate of drug-likeness (QED) is 0.264. The van der Waals surface area contributed by atoms with E-state index in [1.807, 2.05) is 55.4 Å². The molecule has 1 rings (SSSR count). The second-order valence-electron chi connectivity index (χ2n) is 12.2. The number of hydrogen-bond acceptors (Lipinski definition) is 4. The van der Waals surface area contributed by atoms with Crippen LogP contribution in [-0.4, -0.2) is 16.9 Å². The van der Waals surface area contributed by atoms with Crippen LogP contribution in [0.15, 0.2) is 17.0 Å². The molecule has 0 aliphatic rings. The van der Waals surface area contributed by atoms with Crippen LogP contribution < -0.4 is 4.90 Å². The highest BCUT2D eigenvalue weighted by atomic mass is 32.2. The normalized spacial score (nSPS) is 15.2. The fourth-order valence-corrected chi connectivity index (χ4v) is 5.03. The topological polar surface area (TPSA) is 54.5 Å². The van der Waals surface area contributed by atoms with Crippen molar-refractivity contribution in [1.82, 2.24) is 0 Å². The molecule has 1 aromatic carbocycles. The van der Waals surface area contributed by atoms with E-state index in [0.29, 0.717) is 30.7 Å². The number of carbonyl (C=O) groups excluding carboxylic acids is 3. The molecule has 0 aliphatic carbocycles. The number of rotatable bonds is 11. The lowest BCUT2D eigenvalue weighted by Crippen LogP contribution is -2.53. The van der Waals surface area contributed by atoms with E-state index in [1.54, 1.807) is 27.7 Å². The van der Waals surface area contributed by atoms with E-state index < -0.39 is 39.7 Å². The molecule has 0 fully saturated rings. The number of hydrogen-bond donors (Lipinski definition) is 0. The molecule has 0 spiro atoms. The summed E-state index contributed by atoms with van der Waals surface area (Å²) in [6.07, 6.45) is 2.13. The number of imide groups is 1. The van der Waals surface area contributed by atoms with Gasteiger partial charge in [0.25, 0.3) is 0 Å². The van der Waals surface area contributed by atoms with E-state index in [4.69, 9.17) is 0 Å². The molecule has 1 aromatic rings. The Labute approximate surface area is 227 Å². The third kappa shape index (κ3) is 6.82. The summed E-state index contributed by atoms with van der Waals surface area (Å²) in [5.41, 5.74) is -3.04. The van der Waals surface area contributed by atoms with Crippen molar-refractivity contribution in [3.05, 3.63) is 23.8 Å². The van der Waals surface area contributed by atoms with Gasteiger partial charge in [-0.1, -0.05) is 102 Å². The summed E-state index contributed by atoms with van der Waals surface area (Å²) in [5, 5.41) is -0.262. The standard InChI is InChI=1S/C30H47F2NO3S/c1-13-18(4)28(7,8)25(34)33(26(35)29(9,10)19(5)14-2)23-17-24(22(32)16-21(23)31)37-27(36)30(11,12)20(6)15-3/h16-20H,13-15H2,1-12H3. The number of benzene rings is 1. The first kappa shape index (κ1) is 33.3. The van der Waals surface area contributed by atoms with Crippen molar-refractivity contribution in [3.63, 3.8) is 0 Å². The number of halogens is 2. The molecule has 3 atom stereocenters. The number of carbonyl (C=O) groups is 3. The minimum absolute atomic E-state index is 0.0443. The van der Waals surface area contributed by atoms with Crippen molar-refractivity contribution in [2.75, 3.05) is 4.90 Å². The zero-order chi connectivity index (χ0) is 29.1. The molecule has 0 heterocycles. The monoisotopic (exact) mass is 539 g/mol. The maximum Gasteiger partial charge on any atom is 0.239 e. The minimum Gasteiger partial charge on any atom is -0.286 e. The van der Waals surface area contributed by atoms with Gasteiger partial charge in [-0.2, -0.15) is 0 Å². The van der Waals surface area contributed by atoms with Gasteiger partial charge in [-0.15, -0.1) is 0 Å². The van der Waals surface area contributed by atoms with Crippen molar-refractivity contribution in [2.24, 2.45) is 34.0 Å². The highest BCUT2D eigenvalue weighted by molar-refractivity contribution is 8.13. The highest BCUT2D eigenvalue weighted by Gasteiger charge is 2.46. The number of anilines is 1. The van der Waals surface area contributed by atoms with E-state index in [-0.39, 0.29) is 33.5 Å². The van der Waals surface area contributed by atoms with E-state index >= 15 is 4.39 Å². The summed E-state index contributed by atoms with van der Waals surface area (Å²) in [5.74, 6) is -3.16. The SMILES string of the molecule is CCC(C)C(C)(C)C(=O)Sc1cc(N(C(=O)C(C)(C)C(C)CC)C(=O)C(C)(C)C(C)CC)c(F)cc1F. The van der Waals surface area contributed by atoms with Crippen LogP contribution >= 0.6 is 11.8 Å². The molecule has 0 aromatic heterocycles. The summed E-state index contributed by atoms with van der Waals surface area (Å²) in [4.78, 5) is 41.9. The van der Waals surface area contributed by atoms with Gasteiger partial charge in [0.05, 0.1) is 10.6 Å². The van der Waals surface area contributed by atoms with Gasteiger partial charge in [0.2, 0.25) is 11.8 Å². The van der Waals surface area contributed by atoms with Crippen molar-refractivity contribution >= 4 is 34.4 Å². The van der Waals surface area contributed by atoms with Crippen molar-refractivity contribution in [2.45, 2.75) is 107 Å². The average molecular weight is 540 g/mol. The molecule has 0 aliphatic heterocycles. The van der Waals surface area contributed by atoms with Crippen LogP contribution in [0.3, 0.4) is 0 Å². The first-order valence-corrected chi connectivity index (χ1v) is 14.2. The van der Waals surface area contributed by atoms with E-state index in [9.17, 15) is 18.8 Å². The Balaban J connectivity index is 3.80. The van der Waals surface area contributed by atoms with Gasteiger partial charge in [-0.05, 0) is 35.6 Å². The van der Waals surface area contributed by atoms with Gasteiger partial charge in [0.15, 0.2) is 5.12 Å². The van der Waals surface area contributed by atoms with Crippen molar-refractivity contribution in [3.8, 4) is 0 Å². The summed E-state index contributed by atoms with van der Waals surface area (Å²) < 4.78 is 30.4. The van der Waals surface area contributed by atoms with Crippen LogP contribution in [0.5, 0.6) is 0 Å². The maximum atomic E-state index is 15.4. The number of amides is 2. The van der Waals surface area contributed by atoms with Crippen LogP contribution in [0.25, 0.3) is 0 Å². The van der Waals surface area contributed by atoms with Gasteiger partial charge >= 0.3 is 0 Å². The third-order valence-electron chi connectivity index (χ3n) is 9.01. The lowest BCUT2D eigenvalue weighted by atomic mass is 9.74. The maximum absolute atomic E-state index is 15.4. The Hall–Kier alpha value is -1.76. The lowest BCUT2D eigenvalue weighted by molar-refractivity contribution is -0.138. The molecular weight excluding hydrogens is 492 g/mol. The van der Waals surface area contributed by atoms with Crippen LogP contribution in [0, 0.1) is 45.6 Å². The Bertz CT molecular complexity index is 969. The number of thioether (sulfide) groups is 1. The van der Waals surface area contributed by atoms with E-state index in [2.05, 4.69) is 0 Å². The third-order valence-corrected chi connectivity index (χ3v) is 10.3. The molecule has 0 radical (unpaired) electrons. The van der Waals surface area contributed by atoms with Gasteiger partial charge in [-0.25, -0.2) is 13.7 Å². The first-order valence-electron chi connectivity index (χ1n) is 13.4. The molecule has 0 saturated carbocycles. The Morgan fingerprint density at radius 1 is 0.730 bits per heavy atom. The summed E-state index contributed by atoms with van der Waals surface area (Å²) >= 11 is 0.691. The van der Waals surface area contributed by atoms with Gasteiger partial charge in [0.1, 0.15) is 11.6 Å². The van der Waals surface area contributed by atoms with Crippen molar-refractivity contribution in [1.29, 1.82) is 0 Å². The molecule has 2 amide bonds. The molecule has 210 valence electrons. The molecular formula is C30H47F2NO3S. The lowest BCUT2D eigenvalue weighted by Gasteiger charge is -2.40. The number of nitrogens with zero attached hydrogens (tertiary/aromatic N) is 1. The fraction of sp³-hybridized carbons (Fsp3) is 0.700. The predicted octanol–water partition coefficient (Wildman–Crippen LogP) is 8.66. The van der Waals surface area contributed by atoms with E-state index in [1.165, 1.54) is 0 Å². The first-order chi connectivity index (χ1) is 16.8. The molecule has 0 N–H and O–H groups in total. The molecule has 3 unspecified atom stereocenters. The second kappa shape index (κ2) is 12.4. The van der Waals surface area contributed by atoms with Gasteiger partial charge < -0.3 is 0 Å². The highest BCUT2D eigenvalue weighted by Crippen LogP contribution is 2.42. The molecule has 0 bridgehead atoms. The van der Waals surface area contributed by atoms with Crippen LogP contribution in [-0.2, 0) is 14.4 Å². The molecule has 37 heavy (non-hydrogen) atoms. The largest absolute Gasteiger partial charge is 0.286 e. The Morgan fingerprint density at radius 3 is 1.49 bits per heavy atom. The minimum atomic E-state index is -1.02. The second-order valence-corrected chi connectivity index (χ2v) is 13.2. The summed E-state index contributed by atoms with van der Waals surface area (Å²) in [6, 6.07) is 1.82. The van der Waals surface area contributed by atoms with Crippen LogP contribution in [0.1, 0.15) is 102 Å².